The Labute approximate surface area is 312 Å². The first-order valence-electron chi connectivity index (χ1n) is 18.5. The molecule has 2 aromatic rings. The van der Waals surface area contributed by atoms with Crippen LogP contribution in [-0.2, 0) is 17.8 Å². The van der Waals surface area contributed by atoms with Crippen molar-refractivity contribution in [2.45, 2.75) is 64.5 Å². The molecule has 4 rings (SSSR count). The van der Waals surface area contributed by atoms with Gasteiger partial charge in [0.25, 0.3) is 0 Å². The van der Waals surface area contributed by atoms with Crippen LogP contribution in [0.1, 0.15) is 73.6 Å². The van der Waals surface area contributed by atoms with Crippen LogP contribution in [0.5, 0.6) is 0 Å². The Morgan fingerprint density at radius 3 is 1.65 bits per heavy atom. The molecule has 51 heavy (non-hydrogen) atoms. The molecule has 0 saturated heterocycles. The Morgan fingerprint density at radius 2 is 1.20 bits per heavy atom. The second-order valence-electron chi connectivity index (χ2n) is 12.5. The first kappa shape index (κ1) is 49.7. The fraction of sp³-hybridized carbons (Fsp3) is 0.455. The molecule has 286 valence electrons. The maximum atomic E-state index is 5.59. The molecule has 0 heterocycles. The van der Waals surface area contributed by atoms with Gasteiger partial charge in [0.2, 0.25) is 0 Å². The molecule has 2 aliphatic carbocycles. The zero-order valence-corrected chi connectivity index (χ0v) is 31.8. The third-order valence-corrected chi connectivity index (χ3v) is 8.59. The molecule has 2 atom stereocenters. The van der Waals surface area contributed by atoms with Crippen molar-refractivity contribution >= 4 is 12.2 Å². The van der Waals surface area contributed by atoms with E-state index in [4.69, 9.17) is 39.1 Å². The average Bonchev–Trinajstić information content (AvgIpc) is 3.22. The predicted octanol–water partition coefficient (Wildman–Crippen LogP) is 7.73. The summed E-state index contributed by atoms with van der Waals surface area (Å²) in [7, 11) is 0. The van der Waals surface area contributed by atoms with Crippen LogP contribution in [0, 0.1) is 23.7 Å². The molecule has 2 unspecified atom stereocenters. The summed E-state index contributed by atoms with van der Waals surface area (Å²) in [5, 5.41) is 0. The van der Waals surface area contributed by atoms with E-state index in [0.717, 1.165) is 59.0 Å². The normalized spacial score (nSPS) is 18.5. The van der Waals surface area contributed by atoms with Crippen molar-refractivity contribution in [3.63, 3.8) is 0 Å². The van der Waals surface area contributed by atoms with Gasteiger partial charge in [-0.15, -0.1) is 26.3 Å². The summed E-state index contributed by atoms with van der Waals surface area (Å²) >= 11 is 0. The lowest BCUT2D eigenvalue weighted by Gasteiger charge is -2.25. The SMILES string of the molecule is C=CC1CCC(CN)CC1.C=CC1CCCC(CN)C1.C=CCN.C=CCOCCN.C=Cc1ccc(CN)cc1.C=Cc1cccc(CN)c1. The second-order valence-corrected chi connectivity index (χ2v) is 12.5. The van der Waals surface area contributed by atoms with E-state index in [2.05, 4.69) is 51.6 Å². The van der Waals surface area contributed by atoms with Gasteiger partial charge >= 0.3 is 0 Å². The minimum absolute atomic E-state index is 0.583. The minimum Gasteiger partial charge on any atom is -0.376 e. The Hall–Kier alpha value is -3.40. The van der Waals surface area contributed by atoms with Gasteiger partial charge in [0.05, 0.1) is 13.2 Å². The van der Waals surface area contributed by atoms with E-state index in [1.807, 2.05) is 60.7 Å². The van der Waals surface area contributed by atoms with Gasteiger partial charge in [-0.3, -0.25) is 0 Å². The van der Waals surface area contributed by atoms with E-state index >= 15 is 0 Å². The summed E-state index contributed by atoms with van der Waals surface area (Å²) in [5.74, 6) is 3.11. The van der Waals surface area contributed by atoms with Crippen molar-refractivity contribution in [1.82, 2.24) is 0 Å². The minimum atomic E-state index is 0.583. The van der Waals surface area contributed by atoms with Crippen molar-refractivity contribution in [1.29, 1.82) is 0 Å². The molecular weight excluding hydrogens is 629 g/mol. The smallest absolute Gasteiger partial charge is 0.0645 e. The molecule has 2 aliphatic rings. The van der Waals surface area contributed by atoms with Crippen LogP contribution in [0.25, 0.3) is 12.2 Å². The molecule has 12 N–H and O–H groups in total. The van der Waals surface area contributed by atoms with Crippen molar-refractivity contribution in [3.05, 3.63) is 135 Å². The predicted molar refractivity (Wildman–Crippen MR) is 228 cm³/mol. The standard InChI is InChI=1S/C9H17N.C9H11N.C9H17N.C9H11N.C5H11NO.C3H7N/c2*1-2-8-3-5-9(7-10)6-4-8;2*1-2-8-4-3-5-9(6-8)7-10;1-2-4-7-5-3-6;1-2-3-4/h2,8-9H,1,3-7,10H2;2-6H,1,7,10H2;2,8-9H,1,3-7,10H2;2-6H,1,7,10H2;2H,1,3-6H2;2H,1,3-4H2. The summed E-state index contributed by atoms with van der Waals surface area (Å²) < 4.78 is 4.89. The Bertz CT molecular complexity index is 1140. The van der Waals surface area contributed by atoms with Gasteiger partial charge in [0.1, 0.15) is 0 Å². The van der Waals surface area contributed by atoms with E-state index in [1.54, 1.807) is 12.2 Å². The molecular formula is C44H74N6O. The zero-order chi connectivity index (χ0) is 38.5. The van der Waals surface area contributed by atoms with Crippen molar-refractivity contribution in [2.24, 2.45) is 58.1 Å². The number of benzene rings is 2. The molecule has 0 aromatic heterocycles. The quantitative estimate of drug-likeness (QED) is 0.0918. The summed E-state index contributed by atoms with van der Waals surface area (Å²) in [6.45, 7) is 27.1. The van der Waals surface area contributed by atoms with Gasteiger partial charge in [-0.25, -0.2) is 0 Å². The van der Waals surface area contributed by atoms with Crippen LogP contribution in [-0.4, -0.2) is 39.4 Å². The Kier molecular flexibility index (Phi) is 35.5. The lowest BCUT2D eigenvalue weighted by molar-refractivity contribution is 0.171. The molecule has 0 radical (unpaired) electrons. The number of allylic oxidation sites excluding steroid dienone is 2. The van der Waals surface area contributed by atoms with Crippen LogP contribution in [0.4, 0.5) is 0 Å². The highest BCUT2D eigenvalue weighted by atomic mass is 16.5. The molecule has 7 heteroatoms. The molecule has 0 spiro atoms. The third-order valence-electron chi connectivity index (χ3n) is 8.59. The van der Waals surface area contributed by atoms with Crippen molar-refractivity contribution < 1.29 is 4.74 Å². The molecule has 0 amide bonds. The number of ether oxygens (including phenoxy) is 1. The van der Waals surface area contributed by atoms with Gasteiger partial charge in [-0.1, -0.05) is 105 Å². The van der Waals surface area contributed by atoms with Gasteiger partial charge < -0.3 is 39.1 Å². The van der Waals surface area contributed by atoms with E-state index in [1.165, 1.54) is 51.4 Å². The lowest BCUT2D eigenvalue weighted by atomic mass is 9.82. The molecule has 0 bridgehead atoms. The van der Waals surface area contributed by atoms with Crippen LogP contribution in [0.3, 0.4) is 0 Å². The monoisotopic (exact) mass is 703 g/mol. The molecule has 2 fully saturated rings. The third kappa shape index (κ3) is 27.9. The maximum Gasteiger partial charge on any atom is 0.0645 e. The van der Waals surface area contributed by atoms with Gasteiger partial charge in [-0.05, 0) is 104 Å². The number of hydrogen-bond acceptors (Lipinski definition) is 7. The first-order chi connectivity index (χ1) is 24.8. The van der Waals surface area contributed by atoms with Gasteiger partial charge in [0.15, 0.2) is 0 Å². The maximum absolute atomic E-state index is 5.59. The van der Waals surface area contributed by atoms with E-state index in [-0.39, 0.29) is 0 Å². The van der Waals surface area contributed by atoms with E-state index < -0.39 is 0 Å². The van der Waals surface area contributed by atoms with Gasteiger partial charge in [-0.2, -0.15) is 0 Å². The van der Waals surface area contributed by atoms with E-state index in [0.29, 0.717) is 39.4 Å². The second kappa shape index (κ2) is 36.4. The number of rotatable bonds is 13. The average molecular weight is 703 g/mol. The molecule has 7 nitrogen and oxygen atoms in total. The van der Waals surface area contributed by atoms with Crippen molar-refractivity contribution in [2.75, 3.05) is 39.4 Å². The zero-order valence-electron chi connectivity index (χ0n) is 31.8. The number of hydrogen-bond donors (Lipinski definition) is 6. The summed E-state index contributed by atoms with van der Waals surface area (Å²) in [6.07, 6.45) is 21.7. The summed E-state index contributed by atoms with van der Waals surface area (Å²) in [4.78, 5) is 0. The number of nitrogens with two attached hydrogens (primary N) is 6. The highest BCUT2D eigenvalue weighted by Crippen LogP contribution is 2.29. The van der Waals surface area contributed by atoms with Crippen LogP contribution in [0.2, 0.25) is 0 Å². The molecule has 2 aromatic carbocycles. The summed E-state index contributed by atoms with van der Waals surface area (Å²) in [5.41, 5.74) is 36.6. The van der Waals surface area contributed by atoms with E-state index in [9.17, 15) is 0 Å². The Morgan fingerprint density at radius 1 is 0.608 bits per heavy atom. The first-order valence-corrected chi connectivity index (χ1v) is 18.5. The highest BCUT2D eigenvalue weighted by Gasteiger charge is 2.18. The van der Waals surface area contributed by atoms with Crippen LogP contribution in [0.15, 0.2) is 112 Å². The molecule has 2 saturated carbocycles. The fourth-order valence-electron chi connectivity index (χ4n) is 5.31. The van der Waals surface area contributed by atoms with Gasteiger partial charge in [0, 0.05) is 26.2 Å². The topological polar surface area (TPSA) is 165 Å². The Balaban J connectivity index is 0. The fourth-order valence-corrected chi connectivity index (χ4v) is 5.31. The lowest BCUT2D eigenvalue weighted by Crippen LogP contribution is -2.21. The van der Waals surface area contributed by atoms with Crippen LogP contribution >= 0.6 is 0 Å². The largest absolute Gasteiger partial charge is 0.376 e. The van der Waals surface area contributed by atoms with Crippen molar-refractivity contribution in [3.8, 4) is 0 Å². The summed E-state index contributed by atoms with van der Waals surface area (Å²) in [6, 6.07) is 16.1. The van der Waals surface area contributed by atoms with Crippen LogP contribution < -0.4 is 34.4 Å². The highest BCUT2D eigenvalue weighted by molar-refractivity contribution is 5.48. The molecule has 0 aliphatic heterocycles.